The first-order chi connectivity index (χ1) is 8.14. The molecule has 2 nitrogen and oxygen atoms in total. The summed E-state index contributed by atoms with van der Waals surface area (Å²) < 4.78 is 0. The molecule has 0 amide bonds. The zero-order valence-corrected chi connectivity index (χ0v) is 11.7. The van der Waals surface area contributed by atoms with Gasteiger partial charge in [-0.3, -0.25) is 11.3 Å². The van der Waals surface area contributed by atoms with Crippen LogP contribution in [0.2, 0.25) is 0 Å². The number of hydrazine groups is 1. The molecule has 1 aliphatic rings. The third kappa shape index (κ3) is 4.01. The molecule has 1 aliphatic carbocycles. The van der Waals surface area contributed by atoms with E-state index in [4.69, 9.17) is 5.84 Å². The van der Waals surface area contributed by atoms with E-state index < -0.39 is 0 Å². The van der Waals surface area contributed by atoms with Crippen LogP contribution in [0.4, 0.5) is 0 Å². The Labute approximate surface area is 107 Å². The van der Waals surface area contributed by atoms with Crippen LogP contribution in [0.15, 0.2) is 0 Å². The van der Waals surface area contributed by atoms with Crippen molar-refractivity contribution in [3.8, 4) is 11.8 Å². The third-order valence-electron chi connectivity index (χ3n) is 4.09. The molecule has 1 unspecified atom stereocenters. The Hall–Kier alpha value is -0.520. The van der Waals surface area contributed by atoms with Crippen molar-refractivity contribution >= 4 is 0 Å². The van der Waals surface area contributed by atoms with Gasteiger partial charge in [-0.05, 0) is 43.9 Å². The van der Waals surface area contributed by atoms with Crippen LogP contribution in [0.1, 0.15) is 65.7 Å². The summed E-state index contributed by atoms with van der Waals surface area (Å²) >= 11 is 0. The zero-order valence-electron chi connectivity index (χ0n) is 11.7. The Balaban J connectivity index is 2.67. The normalized spacial score (nSPS) is 20.1. The van der Waals surface area contributed by atoms with Crippen LogP contribution in [-0.4, -0.2) is 6.04 Å². The molecule has 0 heterocycles. The second-order valence-corrected chi connectivity index (χ2v) is 5.85. The molecule has 0 aromatic carbocycles. The molecule has 98 valence electrons. The van der Waals surface area contributed by atoms with Crippen LogP contribution >= 0.6 is 0 Å². The van der Waals surface area contributed by atoms with E-state index in [0.29, 0.717) is 11.5 Å². The molecule has 17 heavy (non-hydrogen) atoms. The molecule has 0 saturated heterocycles. The third-order valence-corrected chi connectivity index (χ3v) is 4.09. The van der Waals surface area contributed by atoms with Crippen molar-refractivity contribution in [2.45, 2.75) is 71.8 Å². The summed E-state index contributed by atoms with van der Waals surface area (Å²) in [6.07, 6.45) is 8.74. The van der Waals surface area contributed by atoms with Crippen molar-refractivity contribution in [1.82, 2.24) is 5.43 Å². The zero-order chi connectivity index (χ0) is 12.7. The lowest BCUT2D eigenvalue weighted by atomic mass is 9.71. The first-order valence-corrected chi connectivity index (χ1v) is 7.00. The van der Waals surface area contributed by atoms with Gasteiger partial charge in [0.1, 0.15) is 0 Å². The fraction of sp³-hybridized carbons (Fsp3) is 0.867. The fourth-order valence-electron chi connectivity index (χ4n) is 3.49. The predicted molar refractivity (Wildman–Crippen MR) is 74.2 cm³/mol. The first-order valence-electron chi connectivity index (χ1n) is 7.00. The molecule has 1 rings (SSSR count). The van der Waals surface area contributed by atoms with E-state index in [1.807, 2.05) is 6.92 Å². The lowest BCUT2D eigenvalue weighted by molar-refractivity contribution is 0.149. The van der Waals surface area contributed by atoms with Crippen LogP contribution in [0, 0.1) is 23.2 Å². The van der Waals surface area contributed by atoms with Crippen LogP contribution in [0.25, 0.3) is 0 Å². The first kappa shape index (κ1) is 14.5. The standard InChI is InChI=1S/C15H28N2/c1-4-5-6-9-14(17-16)15(12-13(2)3)10-7-8-11-15/h13-14,17H,6-12,16H2,1-3H3. The second-order valence-electron chi connectivity index (χ2n) is 5.85. The number of nitrogens with two attached hydrogens (primary N) is 1. The average Bonchev–Trinajstić information content (AvgIpc) is 2.73. The molecule has 1 fully saturated rings. The SMILES string of the molecule is CC#CCCC(NN)C1(CC(C)C)CCCC1. The molecule has 0 spiro atoms. The van der Waals surface area contributed by atoms with E-state index in [0.717, 1.165) is 18.8 Å². The molecule has 0 bridgehead atoms. The minimum atomic E-state index is 0.429. The molecule has 0 radical (unpaired) electrons. The molecule has 1 atom stereocenters. The number of hydrogen-bond donors (Lipinski definition) is 2. The topological polar surface area (TPSA) is 38.0 Å². The van der Waals surface area contributed by atoms with Crippen LogP contribution < -0.4 is 11.3 Å². The average molecular weight is 236 g/mol. The summed E-state index contributed by atoms with van der Waals surface area (Å²) in [5, 5.41) is 0. The van der Waals surface area contributed by atoms with Crippen LogP contribution in [-0.2, 0) is 0 Å². The Bertz CT molecular complexity index is 266. The Morgan fingerprint density at radius 1 is 1.29 bits per heavy atom. The van der Waals surface area contributed by atoms with Gasteiger partial charge in [-0.25, -0.2) is 0 Å². The quantitative estimate of drug-likeness (QED) is 0.422. The summed E-state index contributed by atoms with van der Waals surface area (Å²) in [6.45, 7) is 6.54. The largest absolute Gasteiger partial charge is 0.271 e. The molecular weight excluding hydrogens is 208 g/mol. The van der Waals surface area contributed by atoms with Gasteiger partial charge in [0.15, 0.2) is 0 Å². The number of rotatable bonds is 6. The maximum Gasteiger partial charge on any atom is 0.0276 e. The van der Waals surface area contributed by atoms with Gasteiger partial charge in [0.05, 0.1) is 0 Å². The fourth-order valence-corrected chi connectivity index (χ4v) is 3.49. The van der Waals surface area contributed by atoms with Gasteiger partial charge >= 0.3 is 0 Å². The lowest BCUT2D eigenvalue weighted by Crippen LogP contribution is -2.48. The van der Waals surface area contributed by atoms with Gasteiger partial charge in [0.2, 0.25) is 0 Å². The smallest absolute Gasteiger partial charge is 0.0276 e. The number of hydrogen-bond acceptors (Lipinski definition) is 2. The molecular formula is C15H28N2. The maximum absolute atomic E-state index is 5.80. The van der Waals surface area contributed by atoms with Crippen molar-refractivity contribution in [3.63, 3.8) is 0 Å². The van der Waals surface area contributed by atoms with Crippen LogP contribution in [0.3, 0.4) is 0 Å². The van der Waals surface area contributed by atoms with E-state index in [1.165, 1.54) is 32.1 Å². The van der Waals surface area contributed by atoms with Crippen molar-refractivity contribution < 1.29 is 0 Å². The molecule has 0 aromatic rings. The Morgan fingerprint density at radius 3 is 2.41 bits per heavy atom. The maximum atomic E-state index is 5.80. The van der Waals surface area contributed by atoms with E-state index in [-0.39, 0.29) is 0 Å². The van der Waals surface area contributed by atoms with Crippen molar-refractivity contribution in [2.24, 2.45) is 17.2 Å². The minimum absolute atomic E-state index is 0.429. The van der Waals surface area contributed by atoms with E-state index in [9.17, 15) is 0 Å². The summed E-state index contributed by atoms with van der Waals surface area (Å²) in [6, 6.07) is 0.438. The van der Waals surface area contributed by atoms with Gasteiger partial charge in [-0.1, -0.05) is 26.7 Å². The number of nitrogens with one attached hydrogen (secondary N) is 1. The van der Waals surface area contributed by atoms with Crippen molar-refractivity contribution in [3.05, 3.63) is 0 Å². The van der Waals surface area contributed by atoms with Gasteiger partial charge in [-0.15, -0.1) is 11.8 Å². The molecule has 0 aliphatic heterocycles. The highest BCUT2D eigenvalue weighted by Gasteiger charge is 2.40. The molecule has 3 N–H and O–H groups in total. The van der Waals surface area contributed by atoms with Gasteiger partial charge < -0.3 is 0 Å². The van der Waals surface area contributed by atoms with E-state index in [2.05, 4.69) is 31.1 Å². The lowest BCUT2D eigenvalue weighted by Gasteiger charge is -2.38. The summed E-state index contributed by atoms with van der Waals surface area (Å²) in [5.74, 6) is 12.7. The highest BCUT2D eigenvalue weighted by atomic mass is 15.2. The van der Waals surface area contributed by atoms with Crippen molar-refractivity contribution in [1.29, 1.82) is 0 Å². The minimum Gasteiger partial charge on any atom is -0.271 e. The Kier molecular flexibility index (Phi) is 6.02. The van der Waals surface area contributed by atoms with E-state index in [1.54, 1.807) is 0 Å². The van der Waals surface area contributed by atoms with Gasteiger partial charge in [-0.2, -0.15) is 0 Å². The predicted octanol–water partition coefficient (Wildman–Crippen LogP) is 3.23. The second kappa shape index (κ2) is 7.03. The molecule has 1 saturated carbocycles. The van der Waals surface area contributed by atoms with E-state index >= 15 is 0 Å². The van der Waals surface area contributed by atoms with Crippen molar-refractivity contribution in [2.75, 3.05) is 0 Å². The molecule has 0 aromatic heterocycles. The Morgan fingerprint density at radius 2 is 1.94 bits per heavy atom. The molecule has 2 heteroatoms. The summed E-state index contributed by atoms with van der Waals surface area (Å²) in [4.78, 5) is 0. The van der Waals surface area contributed by atoms with Gasteiger partial charge in [0.25, 0.3) is 0 Å². The highest BCUT2D eigenvalue weighted by molar-refractivity contribution is 4.99. The van der Waals surface area contributed by atoms with Crippen LogP contribution in [0.5, 0.6) is 0 Å². The van der Waals surface area contributed by atoms with Gasteiger partial charge in [0, 0.05) is 12.5 Å². The summed E-state index contributed by atoms with van der Waals surface area (Å²) in [7, 11) is 0. The highest BCUT2D eigenvalue weighted by Crippen LogP contribution is 2.46. The summed E-state index contributed by atoms with van der Waals surface area (Å²) in [5.41, 5.74) is 3.51. The monoisotopic (exact) mass is 236 g/mol.